The van der Waals surface area contributed by atoms with Gasteiger partial charge in [-0.25, -0.2) is 13.1 Å². The molecule has 0 aromatic heterocycles. The molecule has 0 saturated heterocycles. The normalized spacial score (nSPS) is 12.2. The molecule has 5 nitrogen and oxygen atoms in total. The van der Waals surface area contributed by atoms with Crippen molar-refractivity contribution in [3.63, 3.8) is 0 Å². The van der Waals surface area contributed by atoms with Gasteiger partial charge in [-0.05, 0) is 62.7 Å². The molecule has 0 fully saturated rings. The predicted octanol–water partition coefficient (Wildman–Crippen LogP) is 2.80. The molecular formula is C17H22N2O3S. The second-order valence-electron chi connectivity index (χ2n) is 6.20. The number of rotatable bonds is 6. The average molecular weight is 334 g/mol. The second kappa shape index (κ2) is 6.70. The fraction of sp³-hybridized carbons (Fsp3) is 0.294. The van der Waals surface area contributed by atoms with E-state index in [1.807, 2.05) is 31.2 Å². The highest BCUT2D eigenvalue weighted by molar-refractivity contribution is 7.89. The van der Waals surface area contributed by atoms with Crippen LogP contribution in [0.4, 0.5) is 0 Å². The molecule has 6 heteroatoms. The van der Waals surface area contributed by atoms with E-state index in [0.29, 0.717) is 11.5 Å². The van der Waals surface area contributed by atoms with Crippen molar-refractivity contribution < 1.29 is 13.2 Å². The van der Waals surface area contributed by atoms with Crippen molar-refractivity contribution in [3.05, 3.63) is 54.1 Å². The Morgan fingerprint density at radius 2 is 1.74 bits per heavy atom. The van der Waals surface area contributed by atoms with Crippen molar-refractivity contribution >= 4 is 10.0 Å². The van der Waals surface area contributed by atoms with Gasteiger partial charge in [0.25, 0.3) is 0 Å². The largest absolute Gasteiger partial charge is 0.457 e. The molecule has 3 N–H and O–H groups in total. The lowest BCUT2D eigenvalue weighted by Crippen LogP contribution is -2.45. The summed E-state index contributed by atoms with van der Waals surface area (Å²) in [7, 11) is -3.58. The Morgan fingerprint density at radius 1 is 1.09 bits per heavy atom. The highest BCUT2D eigenvalue weighted by atomic mass is 32.2. The van der Waals surface area contributed by atoms with Crippen molar-refractivity contribution in [2.45, 2.75) is 31.2 Å². The highest BCUT2D eigenvalue weighted by Gasteiger charge is 2.18. The number of sulfonamides is 1. The third-order valence-corrected chi connectivity index (χ3v) is 4.49. The van der Waals surface area contributed by atoms with Crippen LogP contribution in [0.5, 0.6) is 11.5 Å². The van der Waals surface area contributed by atoms with Gasteiger partial charge in [-0.2, -0.15) is 0 Å². The molecule has 2 rings (SSSR count). The molecule has 124 valence electrons. The first-order valence-electron chi connectivity index (χ1n) is 7.29. The highest BCUT2D eigenvalue weighted by Crippen LogP contribution is 2.23. The van der Waals surface area contributed by atoms with E-state index in [9.17, 15) is 8.42 Å². The Kier molecular flexibility index (Phi) is 5.09. The van der Waals surface area contributed by atoms with Gasteiger partial charge in [0.2, 0.25) is 10.0 Å². The van der Waals surface area contributed by atoms with E-state index in [1.165, 1.54) is 12.1 Å². The van der Waals surface area contributed by atoms with Gasteiger partial charge in [0, 0.05) is 12.1 Å². The molecule has 0 aliphatic heterocycles. The number of hydrogen-bond donors (Lipinski definition) is 2. The second-order valence-corrected chi connectivity index (χ2v) is 7.97. The van der Waals surface area contributed by atoms with Crippen LogP contribution in [-0.4, -0.2) is 20.5 Å². The maximum absolute atomic E-state index is 12.2. The first-order chi connectivity index (χ1) is 10.7. The molecular weight excluding hydrogens is 312 g/mol. The van der Waals surface area contributed by atoms with Gasteiger partial charge in [0.1, 0.15) is 11.5 Å². The summed E-state index contributed by atoms with van der Waals surface area (Å²) in [5.74, 6) is 1.29. The zero-order chi connectivity index (χ0) is 17.1. The monoisotopic (exact) mass is 334 g/mol. The fourth-order valence-corrected chi connectivity index (χ4v) is 3.09. The summed E-state index contributed by atoms with van der Waals surface area (Å²) < 4.78 is 32.6. The zero-order valence-electron chi connectivity index (χ0n) is 13.5. The number of benzene rings is 2. The van der Waals surface area contributed by atoms with Crippen molar-refractivity contribution in [2.24, 2.45) is 5.73 Å². The van der Waals surface area contributed by atoms with Crippen LogP contribution in [0.3, 0.4) is 0 Å². The van der Waals surface area contributed by atoms with Crippen molar-refractivity contribution in [3.8, 4) is 11.5 Å². The standard InChI is InChI=1S/C17H22N2O3S/c1-13-5-4-6-15(11-13)22-14-7-9-16(10-8-14)23(20,21)19-12-17(2,3)18/h4-11,19H,12,18H2,1-3H3. The molecule has 23 heavy (non-hydrogen) atoms. The van der Waals surface area contributed by atoms with Crippen LogP contribution >= 0.6 is 0 Å². The minimum Gasteiger partial charge on any atom is -0.457 e. The molecule has 0 atom stereocenters. The molecule has 0 amide bonds. The maximum atomic E-state index is 12.2. The molecule has 2 aromatic rings. The van der Waals surface area contributed by atoms with Crippen LogP contribution in [0.25, 0.3) is 0 Å². The third-order valence-electron chi connectivity index (χ3n) is 3.08. The molecule has 0 spiro atoms. The Labute approximate surface area is 137 Å². The quantitative estimate of drug-likeness (QED) is 0.851. The molecule has 0 radical (unpaired) electrons. The molecule has 0 aliphatic carbocycles. The molecule has 2 aromatic carbocycles. The number of ether oxygens (including phenoxy) is 1. The summed E-state index contributed by atoms with van der Waals surface area (Å²) in [6.45, 7) is 5.66. The minimum atomic E-state index is -3.58. The number of aryl methyl sites for hydroxylation is 1. The van der Waals surface area contributed by atoms with Crippen LogP contribution in [0, 0.1) is 6.92 Å². The van der Waals surface area contributed by atoms with E-state index in [-0.39, 0.29) is 11.4 Å². The molecule has 0 unspecified atom stereocenters. The number of hydrogen-bond acceptors (Lipinski definition) is 4. The predicted molar refractivity (Wildman–Crippen MR) is 91.1 cm³/mol. The van der Waals surface area contributed by atoms with E-state index in [2.05, 4.69) is 4.72 Å². The lowest BCUT2D eigenvalue weighted by Gasteiger charge is -2.19. The smallest absolute Gasteiger partial charge is 0.240 e. The maximum Gasteiger partial charge on any atom is 0.240 e. The first-order valence-corrected chi connectivity index (χ1v) is 8.77. The summed E-state index contributed by atoms with van der Waals surface area (Å²) in [4.78, 5) is 0.179. The minimum absolute atomic E-state index is 0.164. The van der Waals surface area contributed by atoms with Gasteiger partial charge in [0.15, 0.2) is 0 Å². The lowest BCUT2D eigenvalue weighted by atomic mass is 10.1. The Balaban J connectivity index is 2.10. The summed E-state index contributed by atoms with van der Waals surface area (Å²) >= 11 is 0. The third kappa shape index (κ3) is 5.35. The molecule has 0 aliphatic rings. The van der Waals surface area contributed by atoms with Crippen molar-refractivity contribution in [1.82, 2.24) is 4.72 Å². The zero-order valence-corrected chi connectivity index (χ0v) is 14.4. The van der Waals surface area contributed by atoms with E-state index in [4.69, 9.17) is 10.5 Å². The van der Waals surface area contributed by atoms with E-state index < -0.39 is 15.6 Å². The van der Waals surface area contributed by atoms with Crippen LogP contribution in [0.2, 0.25) is 0 Å². The van der Waals surface area contributed by atoms with Gasteiger partial charge in [-0.15, -0.1) is 0 Å². The van der Waals surface area contributed by atoms with E-state index in [1.54, 1.807) is 26.0 Å². The molecule has 0 heterocycles. The fourth-order valence-electron chi connectivity index (χ4n) is 1.87. The van der Waals surface area contributed by atoms with Gasteiger partial charge in [-0.3, -0.25) is 0 Å². The van der Waals surface area contributed by atoms with Gasteiger partial charge >= 0.3 is 0 Å². The van der Waals surface area contributed by atoms with Crippen LogP contribution in [0.15, 0.2) is 53.4 Å². The lowest BCUT2D eigenvalue weighted by molar-refractivity contribution is 0.481. The first kappa shape index (κ1) is 17.5. The Hall–Kier alpha value is -1.89. The van der Waals surface area contributed by atoms with E-state index >= 15 is 0 Å². The Bertz CT molecular complexity index is 763. The van der Waals surface area contributed by atoms with Crippen LogP contribution in [-0.2, 0) is 10.0 Å². The van der Waals surface area contributed by atoms with Gasteiger partial charge in [0.05, 0.1) is 4.90 Å². The van der Waals surface area contributed by atoms with Crippen molar-refractivity contribution in [1.29, 1.82) is 0 Å². The average Bonchev–Trinajstić information content (AvgIpc) is 2.45. The summed E-state index contributed by atoms with van der Waals surface area (Å²) in [6.07, 6.45) is 0. The number of nitrogens with two attached hydrogens (primary N) is 1. The van der Waals surface area contributed by atoms with E-state index in [0.717, 1.165) is 5.56 Å². The summed E-state index contributed by atoms with van der Waals surface area (Å²) in [5, 5.41) is 0. The van der Waals surface area contributed by atoms with Gasteiger partial charge < -0.3 is 10.5 Å². The molecule has 0 bridgehead atoms. The summed E-state index contributed by atoms with van der Waals surface area (Å²) in [5.41, 5.74) is 6.28. The van der Waals surface area contributed by atoms with Crippen LogP contribution < -0.4 is 15.2 Å². The topological polar surface area (TPSA) is 81.4 Å². The number of nitrogens with one attached hydrogen (secondary N) is 1. The Morgan fingerprint density at radius 3 is 2.30 bits per heavy atom. The van der Waals surface area contributed by atoms with Gasteiger partial charge in [-0.1, -0.05) is 12.1 Å². The van der Waals surface area contributed by atoms with Crippen molar-refractivity contribution in [2.75, 3.05) is 6.54 Å². The SMILES string of the molecule is Cc1cccc(Oc2ccc(S(=O)(=O)NCC(C)(C)N)cc2)c1. The van der Waals surface area contributed by atoms with Crippen LogP contribution in [0.1, 0.15) is 19.4 Å². The summed E-state index contributed by atoms with van der Waals surface area (Å²) in [6, 6.07) is 13.9. The molecule has 0 saturated carbocycles.